The number of ether oxygens (including phenoxy) is 3. The highest BCUT2D eigenvalue weighted by Crippen LogP contribution is 2.33. The highest BCUT2D eigenvalue weighted by Gasteiger charge is 2.35. The molecule has 0 amide bonds. The number of carbonyl (C=O) groups is 3. The lowest BCUT2D eigenvalue weighted by Gasteiger charge is -2.22. The molecule has 0 spiro atoms. The van der Waals surface area contributed by atoms with Gasteiger partial charge in [-0.15, -0.1) is 0 Å². The number of nitrogens with zero attached hydrogens (tertiary/aromatic N) is 3. The van der Waals surface area contributed by atoms with E-state index >= 15 is 0 Å². The number of aromatic nitrogens is 3. The Hall–Kier alpha value is -5.81. The van der Waals surface area contributed by atoms with Crippen LogP contribution in [0.2, 0.25) is 0 Å². The zero-order chi connectivity index (χ0) is 42.5. The van der Waals surface area contributed by atoms with Crippen molar-refractivity contribution in [3.63, 3.8) is 0 Å². The van der Waals surface area contributed by atoms with Crippen LogP contribution in [0.15, 0.2) is 72.8 Å². The van der Waals surface area contributed by atoms with Gasteiger partial charge in [-0.05, 0) is 100 Å². The predicted octanol–water partition coefficient (Wildman–Crippen LogP) is 9.63. The molecule has 0 fully saturated rings. The maximum Gasteiger partial charge on any atom is 0.433 e. The summed E-state index contributed by atoms with van der Waals surface area (Å²) in [6.45, 7) is 5.22. The molecule has 1 atom stereocenters. The van der Waals surface area contributed by atoms with E-state index in [0.29, 0.717) is 41.3 Å². The monoisotopic (exact) mass is 811 g/mol. The van der Waals surface area contributed by atoms with Crippen molar-refractivity contribution in [1.29, 1.82) is 0 Å². The minimum Gasteiger partial charge on any atom is -0.469 e. The number of rotatable bonds is 3. The standard InChI is InChI=1S/C15H14F3NO2.C12H12F3NO2.C12H8F3NO2/c1-14(2,3)21-13(20)10-4-6-11-9(8-10)5-7-12(19-11)15(16,17)18;2*1-18-11(17)8-2-4-9-7(6-8)3-5-10(16-9)12(13,14)15/h4-8H,1-3H3;3,5,8H,2,4,6H2,1H3;2-6H,1H3. The van der Waals surface area contributed by atoms with Crippen LogP contribution in [0.4, 0.5) is 39.5 Å². The lowest BCUT2D eigenvalue weighted by atomic mass is 9.86. The Balaban J connectivity index is 0.000000190. The second-order valence-electron chi connectivity index (χ2n) is 13.5. The largest absolute Gasteiger partial charge is 0.469 e. The zero-order valence-corrected chi connectivity index (χ0v) is 30.8. The van der Waals surface area contributed by atoms with E-state index < -0.39 is 53.2 Å². The molecule has 5 aromatic rings. The number of pyridine rings is 3. The fraction of sp³-hybridized carbons (Fsp3) is 0.333. The van der Waals surface area contributed by atoms with E-state index in [0.717, 1.165) is 18.2 Å². The number of alkyl halides is 9. The molecule has 18 heteroatoms. The maximum atomic E-state index is 12.6. The number of esters is 3. The summed E-state index contributed by atoms with van der Waals surface area (Å²) >= 11 is 0. The van der Waals surface area contributed by atoms with E-state index in [4.69, 9.17) is 4.74 Å². The first-order valence-electron chi connectivity index (χ1n) is 16.8. The Morgan fingerprint density at radius 3 is 1.49 bits per heavy atom. The lowest BCUT2D eigenvalue weighted by molar-refractivity contribution is -0.146. The Bertz CT molecular complexity index is 2270. The number of halogens is 9. The lowest BCUT2D eigenvalue weighted by Crippen LogP contribution is -2.25. The second kappa shape index (κ2) is 17.1. The molecule has 2 aromatic carbocycles. The molecule has 1 aliphatic rings. The van der Waals surface area contributed by atoms with Crippen LogP contribution in [-0.4, -0.2) is 52.7 Å². The molecular weight excluding hydrogens is 777 g/mol. The Labute approximate surface area is 319 Å². The van der Waals surface area contributed by atoms with Crippen LogP contribution in [0.5, 0.6) is 0 Å². The number of methoxy groups -OCH3 is 2. The van der Waals surface area contributed by atoms with Crippen LogP contribution >= 0.6 is 0 Å². The number of benzene rings is 2. The van der Waals surface area contributed by atoms with Crippen LogP contribution < -0.4 is 0 Å². The van der Waals surface area contributed by atoms with Gasteiger partial charge in [0.15, 0.2) is 0 Å². The van der Waals surface area contributed by atoms with Crippen molar-refractivity contribution < 1.29 is 68.1 Å². The molecule has 6 rings (SSSR count). The molecule has 0 N–H and O–H groups in total. The fourth-order valence-corrected chi connectivity index (χ4v) is 5.41. The summed E-state index contributed by atoms with van der Waals surface area (Å²) in [5.41, 5.74) is -1.39. The molecule has 57 heavy (non-hydrogen) atoms. The van der Waals surface area contributed by atoms with E-state index in [2.05, 4.69) is 24.4 Å². The minimum absolute atomic E-state index is 0.178. The van der Waals surface area contributed by atoms with Crippen LogP contribution in [0, 0.1) is 5.92 Å². The summed E-state index contributed by atoms with van der Waals surface area (Å²) in [4.78, 5) is 45.2. The van der Waals surface area contributed by atoms with Crippen molar-refractivity contribution in [1.82, 2.24) is 15.0 Å². The zero-order valence-electron chi connectivity index (χ0n) is 30.8. The Morgan fingerprint density at radius 2 is 1.05 bits per heavy atom. The third-order valence-electron chi connectivity index (χ3n) is 8.10. The van der Waals surface area contributed by atoms with E-state index in [-0.39, 0.29) is 34.0 Å². The number of carbonyl (C=O) groups excluding carboxylic acids is 3. The average molecular weight is 812 g/mol. The van der Waals surface area contributed by atoms with Crippen molar-refractivity contribution in [2.75, 3.05) is 14.2 Å². The normalized spacial score (nSPS) is 14.3. The maximum absolute atomic E-state index is 12.6. The molecule has 9 nitrogen and oxygen atoms in total. The third kappa shape index (κ3) is 11.8. The summed E-state index contributed by atoms with van der Waals surface area (Å²) in [6.07, 6.45) is -12.1. The van der Waals surface area contributed by atoms with Gasteiger partial charge in [0.2, 0.25) is 0 Å². The first-order chi connectivity index (χ1) is 26.4. The van der Waals surface area contributed by atoms with Crippen LogP contribution in [-0.2, 0) is 50.4 Å². The predicted molar refractivity (Wildman–Crippen MR) is 187 cm³/mol. The Kier molecular flexibility index (Phi) is 13.2. The molecule has 0 saturated heterocycles. The topological polar surface area (TPSA) is 118 Å². The molecule has 0 bridgehead atoms. The molecule has 1 aliphatic carbocycles. The summed E-state index contributed by atoms with van der Waals surface area (Å²) in [6, 6.07) is 15.1. The van der Waals surface area contributed by atoms with Crippen molar-refractivity contribution >= 4 is 39.7 Å². The van der Waals surface area contributed by atoms with Gasteiger partial charge in [-0.1, -0.05) is 18.2 Å². The Morgan fingerprint density at radius 1 is 0.596 bits per heavy atom. The van der Waals surface area contributed by atoms with Crippen LogP contribution in [0.25, 0.3) is 21.8 Å². The van der Waals surface area contributed by atoms with Crippen molar-refractivity contribution in [3.05, 3.63) is 112 Å². The molecule has 0 saturated carbocycles. The number of fused-ring (bicyclic) bond motifs is 3. The highest BCUT2D eigenvalue weighted by atomic mass is 19.4. The van der Waals surface area contributed by atoms with Crippen molar-refractivity contribution in [2.45, 2.75) is 64.2 Å². The number of aryl methyl sites for hydroxylation is 1. The van der Waals surface area contributed by atoms with E-state index in [1.807, 2.05) is 0 Å². The fourth-order valence-electron chi connectivity index (χ4n) is 5.41. The number of hydrogen-bond donors (Lipinski definition) is 0. The van der Waals surface area contributed by atoms with Gasteiger partial charge in [-0.2, -0.15) is 39.5 Å². The van der Waals surface area contributed by atoms with Gasteiger partial charge >= 0.3 is 36.4 Å². The average Bonchev–Trinajstić information content (AvgIpc) is 3.14. The molecule has 3 heterocycles. The third-order valence-corrected chi connectivity index (χ3v) is 8.10. The van der Waals surface area contributed by atoms with Crippen LogP contribution in [0.1, 0.15) is 76.2 Å². The van der Waals surface area contributed by atoms with E-state index in [9.17, 15) is 53.9 Å². The highest BCUT2D eigenvalue weighted by molar-refractivity contribution is 5.95. The molecule has 304 valence electrons. The summed E-state index contributed by atoms with van der Waals surface area (Å²) in [5, 5.41) is 0.900. The first-order valence-corrected chi connectivity index (χ1v) is 16.8. The van der Waals surface area contributed by atoms with E-state index in [1.165, 1.54) is 68.8 Å². The smallest absolute Gasteiger partial charge is 0.433 e. The van der Waals surface area contributed by atoms with Gasteiger partial charge in [-0.3, -0.25) is 4.79 Å². The second-order valence-corrected chi connectivity index (χ2v) is 13.5. The molecule has 0 aliphatic heterocycles. The SMILES string of the molecule is CC(C)(C)OC(=O)c1ccc2nc(C(F)(F)F)ccc2c1.COC(=O)C1CCc2nc(C(F)(F)F)ccc2C1.COC(=O)c1ccc2nc(C(F)(F)F)ccc2c1. The molecule has 1 unspecified atom stereocenters. The van der Waals surface area contributed by atoms with Gasteiger partial charge in [0, 0.05) is 16.5 Å². The first kappa shape index (κ1) is 43.9. The van der Waals surface area contributed by atoms with E-state index in [1.54, 1.807) is 20.8 Å². The molecule has 0 radical (unpaired) electrons. The summed E-state index contributed by atoms with van der Waals surface area (Å²) < 4.78 is 127. The van der Waals surface area contributed by atoms with Gasteiger partial charge < -0.3 is 14.2 Å². The molecule has 3 aromatic heterocycles. The van der Waals surface area contributed by atoms with Crippen LogP contribution in [0.3, 0.4) is 0 Å². The molecular formula is C39H34F9N3O6. The number of hydrogen-bond acceptors (Lipinski definition) is 9. The summed E-state index contributed by atoms with van der Waals surface area (Å²) in [5.74, 6) is -1.66. The quantitative estimate of drug-likeness (QED) is 0.0998. The van der Waals surface area contributed by atoms with Gasteiger partial charge in [-0.25, -0.2) is 24.5 Å². The van der Waals surface area contributed by atoms with Crippen molar-refractivity contribution in [2.24, 2.45) is 5.92 Å². The van der Waals surface area contributed by atoms with Crippen molar-refractivity contribution in [3.8, 4) is 0 Å². The summed E-state index contributed by atoms with van der Waals surface area (Å²) in [7, 11) is 2.54. The van der Waals surface area contributed by atoms with Gasteiger partial charge in [0.25, 0.3) is 0 Å². The minimum atomic E-state index is -4.49. The van der Waals surface area contributed by atoms with Gasteiger partial charge in [0.1, 0.15) is 22.7 Å². The van der Waals surface area contributed by atoms with Gasteiger partial charge in [0.05, 0.1) is 42.3 Å².